The zero-order valence-electron chi connectivity index (χ0n) is 9.28. The van der Waals surface area contributed by atoms with Crippen molar-refractivity contribution in [3.63, 3.8) is 0 Å². The summed E-state index contributed by atoms with van der Waals surface area (Å²) >= 11 is 0. The van der Waals surface area contributed by atoms with Gasteiger partial charge in [-0.1, -0.05) is 6.08 Å². The van der Waals surface area contributed by atoms with Crippen LogP contribution in [0.1, 0.15) is 13.3 Å². The van der Waals surface area contributed by atoms with E-state index in [1.54, 1.807) is 11.0 Å². The van der Waals surface area contributed by atoms with Crippen molar-refractivity contribution in [1.82, 2.24) is 10.2 Å². The average molecular weight is 212 g/mol. The summed E-state index contributed by atoms with van der Waals surface area (Å²) in [5.41, 5.74) is 0. The van der Waals surface area contributed by atoms with Crippen molar-refractivity contribution in [2.24, 2.45) is 5.92 Å². The Bertz CT molecular complexity index is 231. The number of hydrogen-bond donors (Lipinski definition) is 2. The van der Waals surface area contributed by atoms with Crippen LogP contribution in [-0.2, 0) is 4.79 Å². The smallest absolute Gasteiger partial charge is 0.227 e. The van der Waals surface area contributed by atoms with Gasteiger partial charge >= 0.3 is 0 Å². The molecule has 0 aromatic rings. The molecule has 0 bridgehead atoms. The molecule has 1 rings (SSSR count). The van der Waals surface area contributed by atoms with Gasteiger partial charge in [-0.05, 0) is 19.9 Å². The monoisotopic (exact) mass is 212 g/mol. The van der Waals surface area contributed by atoms with E-state index < -0.39 is 0 Å². The van der Waals surface area contributed by atoms with Crippen molar-refractivity contribution in [3.8, 4) is 0 Å². The standard InChI is InChI=1S/C11H20N2O2/c1-3-6-13(7-8-14)11(15)10-4-5-12-9(10)2/h3,9-10,12,14H,1,4-8H2,2H3. The van der Waals surface area contributed by atoms with E-state index in [0.29, 0.717) is 13.1 Å². The van der Waals surface area contributed by atoms with Gasteiger partial charge in [-0.25, -0.2) is 0 Å². The second-order valence-electron chi connectivity index (χ2n) is 3.93. The Morgan fingerprint density at radius 1 is 1.73 bits per heavy atom. The Kier molecular flexibility index (Phi) is 4.78. The predicted molar refractivity (Wildman–Crippen MR) is 59.4 cm³/mol. The van der Waals surface area contributed by atoms with Crippen molar-refractivity contribution >= 4 is 5.91 Å². The highest BCUT2D eigenvalue weighted by molar-refractivity contribution is 5.80. The van der Waals surface area contributed by atoms with Crippen LogP contribution in [0.4, 0.5) is 0 Å². The minimum Gasteiger partial charge on any atom is -0.395 e. The third-order valence-electron chi connectivity index (χ3n) is 2.87. The minimum atomic E-state index is 0.00805. The SMILES string of the molecule is C=CCN(CCO)C(=O)C1CCNC1C. The maximum Gasteiger partial charge on any atom is 0.227 e. The molecule has 1 saturated heterocycles. The van der Waals surface area contributed by atoms with Crippen molar-refractivity contribution < 1.29 is 9.90 Å². The number of nitrogens with one attached hydrogen (secondary N) is 1. The normalized spacial score (nSPS) is 25.2. The third kappa shape index (κ3) is 3.04. The van der Waals surface area contributed by atoms with E-state index in [1.807, 2.05) is 6.92 Å². The number of nitrogens with zero attached hydrogens (tertiary/aromatic N) is 1. The van der Waals surface area contributed by atoms with Crippen molar-refractivity contribution in [2.45, 2.75) is 19.4 Å². The number of rotatable bonds is 5. The number of amides is 1. The van der Waals surface area contributed by atoms with Gasteiger partial charge in [-0.15, -0.1) is 6.58 Å². The number of hydrogen-bond acceptors (Lipinski definition) is 3. The van der Waals surface area contributed by atoms with Gasteiger partial charge in [-0.3, -0.25) is 4.79 Å². The van der Waals surface area contributed by atoms with Crippen molar-refractivity contribution in [1.29, 1.82) is 0 Å². The average Bonchev–Trinajstić information content (AvgIpc) is 2.63. The number of carbonyl (C=O) groups is 1. The zero-order valence-corrected chi connectivity index (χ0v) is 9.28. The van der Waals surface area contributed by atoms with Crippen LogP contribution in [0.3, 0.4) is 0 Å². The first-order chi connectivity index (χ1) is 7.20. The fraction of sp³-hybridized carbons (Fsp3) is 0.727. The molecule has 2 unspecified atom stereocenters. The second kappa shape index (κ2) is 5.88. The Labute approximate surface area is 91.0 Å². The molecule has 0 saturated carbocycles. The van der Waals surface area contributed by atoms with Gasteiger partial charge in [0.25, 0.3) is 0 Å². The van der Waals surface area contributed by atoms with Crippen molar-refractivity contribution in [2.75, 3.05) is 26.2 Å². The molecule has 4 heteroatoms. The Hall–Kier alpha value is -0.870. The van der Waals surface area contributed by atoms with Gasteiger partial charge in [0.15, 0.2) is 0 Å². The van der Waals surface area contributed by atoms with E-state index in [0.717, 1.165) is 13.0 Å². The van der Waals surface area contributed by atoms with Crippen molar-refractivity contribution in [3.05, 3.63) is 12.7 Å². The lowest BCUT2D eigenvalue weighted by Crippen LogP contribution is -2.41. The fourth-order valence-corrected chi connectivity index (χ4v) is 2.00. The molecule has 1 amide bonds. The molecule has 1 aliphatic rings. The molecule has 1 fully saturated rings. The van der Waals surface area contributed by atoms with Crippen LogP contribution in [0.2, 0.25) is 0 Å². The van der Waals surface area contributed by atoms with Crippen LogP contribution in [0.15, 0.2) is 12.7 Å². The molecule has 2 N–H and O–H groups in total. The Balaban J connectivity index is 2.57. The van der Waals surface area contributed by atoms with Crippen LogP contribution < -0.4 is 5.32 Å². The third-order valence-corrected chi connectivity index (χ3v) is 2.87. The summed E-state index contributed by atoms with van der Waals surface area (Å²) in [5, 5.41) is 12.1. The van der Waals surface area contributed by atoms with Gasteiger partial charge in [0.2, 0.25) is 5.91 Å². The van der Waals surface area contributed by atoms with E-state index in [4.69, 9.17) is 5.11 Å². The van der Waals surface area contributed by atoms with Crippen LogP contribution in [0.5, 0.6) is 0 Å². The topological polar surface area (TPSA) is 52.6 Å². The van der Waals surface area contributed by atoms with Crippen LogP contribution >= 0.6 is 0 Å². The molecule has 2 atom stereocenters. The summed E-state index contributed by atoms with van der Waals surface area (Å²) in [7, 11) is 0. The molecule has 4 nitrogen and oxygen atoms in total. The molecule has 15 heavy (non-hydrogen) atoms. The van der Waals surface area contributed by atoms with Gasteiger partial charge in [0, 0.05) is 19.1 Å². The number of aliphatic hydroxyl groups excluding tert-OH is 1. The molecule has 0 radical (unpaired) electrons. The van der Waals surface area contributed by atoms with Gasteiger partial charge < -0.3 is 15.3 Å². The predicted octanol–water partition coefficient (Wildman–Crippen LogP) is -0.00870. The summed E-state index contributed by atoms with van der Waals surface area (Å²) in [6, 6.07) is 0.239. The highest BCUT2D eigenvalue weighted by Gasteiger charge is 2.31. The van der Waals surface area contributed by atoms with E-state index in [2.05, 4.69) is 11.9 Å². The summed E-state index contributed by atoms with van der Waals surface area (Å²) in [6.45, 7) is 7.47. The van der Waals surface area contributed by atoms with Gasteiger partial charge in [-0.2, -0.15) is 0 Å². The Morgan fingerprint density at radius 2 is 2.47 bits per heavy atom. The lowest BCUT2D eigenvalue weighted by molar-refractivity contribution is -0.135. The van der Waals surface area contributed by atoms with E-state index in [1.165, 1.54) is 0 Å². The first-order valence-electron chi connectivity index (χ1n) is 5.44. The van der Waals surface area contributed by atoms with Gasteiger partial charge in [0.1, 0.15) is 0 Å². The lowest BCUT2D eigenvalue weighted by atomic mass is 10.0. The first-order valence-corrected chi connectivity index (χ1v) is 5.44. The molecule has 0 spiro atoms. The maximum absolute atomic E-state index is 12.1. The van der Waals surface area contributed by atoms with Crippen LogP contribution in [0, 0.1) is 5.92 Å². The second-order valence-corrected chi connectivity index (χ2v) is 3.93. The molecular weight excluding hydrogens is 192 g/mol. The summed E-state index contributed by atoms with van der Waals surface area (Å²) in [5.74, 6) is 0.179. The zero-order chi connectivity index (χ0) is 11.3. The minimum absolute atomic E-state index is 0.00805. The van der Waals surface area contributed by atoms with Crippen LogP contribution in [-0.4, -0.2) is 48.2 Å². The van der Waals surface area contributed by atoms with E-state index in [9.17, 15) is 4.79 Å². The van der Waals surface area contributed by atoms with Gasteiger partial charge in [0.05, 0.1) is 12.5 Å². The Morgan fingerprint density at radius 3 is 2.93 bits per heavy atom. The molecule has 0 aliphatic carbocycles. The summed E-state index contributed by atoms with van der Waals surface area (Å²) in [6.07, 6.45) is 2.58. The molecular formula is C11H20N2O2. The molecule has 1 heterocycles. The molecule has 86 valence electrons. The molecule has 1 aliphatic heterocycles. The first kappa shape index (κ1) is 12.2. The van der Waals surface area contributed by atoms with Crippen LogP contribution in [0.25, 0.3) is 0 Å². The largest absolute Gasteiger partial charge is 0.395 e. The van der Waals surface area contributed by atoms with E-state index >= 15 is 0 Å². The maximum atomic E-state index is 12.1. The number of aliphatic hydroxyl groups is 1. The lowest BCUT2D eigenvalue weighted by Gasteiger charge is -2.25. The summed E-state index contributed by atoms with van der Waals surface area (Å²) in [4.78, 5) is 13.7. The van der Waals surface area contributed by atoms with E-state index in [-0.39, 0.29) is 24.5 Å². The number of carbonyl (C=O) groups excluding carboxylic acids is 1. The summed E-state index contributed by atoms with van der Waals surface area (Å²) < 4.78 is 0. The molecule has 0 aromatic heterocycles. The fourth-order valence-electron chi connectivity index (χ4n) is 2.00. The quantitative estimate of drug-likeness (QED) is 0.630. The molecule has 0 aromatic carbocycles. The highest BCUT2D eigenvalue weighted by Crippen LogP contribution is 2.17. The highest BCUT2D eigenvalue weighted by atomic mass is 16.3.